The molecule has 0 unspecified atom stereocenters. The largest absolute Gasteiger partial charge is 0.449 e. The molecule has 0 saturated carbocycles. The molecule has 116 valence electrons. The Hall–Kier alpha value is -2.65. The van der Waals surface area contributed by atoms with Crippen molar-refractivity contribution in [3.8, 4) is 0 Å². The molecule has 3 amide bonds. The van der Waals surface area contributed by atoms with Crippen LogP contribution in [0.15, 0.2) is 29.4 Å². The van der Waals surface area contributed by atoms with Gasteiger partial charge in [-0.25, -0.2) is 15.0 Å². The lowest BCUT2D eigenvalue weighted by molar-refractivity contribution is -0.110. The van der Waals surface area contributed by atoms with Crippen LogP contribution in [0.2, 0.25) is 0 Å². The zero-order chi connectivity index (χ0) is 16.0. The number of carbonyl (C=O) groups excluding carboxylic acids is 2. The summed E-state index contributed by atoms with van der Waals surface area (Å²) >= 11 is 0. The number of fused-ring (bicyclic) bond motifs is 3. The van der Waals surface area contributed by atoms with Crippen LogP contribution < -0.4 is 16.1 Å². The summed E-state index contributed by atoms with van der Waals surface area (Å²) in [7, 11) is 0. The van der Waals surface area contributed by atoms with E-state index in [-0.39, 0.29) is 17.9 Å². The molecule has 3 rings (SSSR count). The fourth-order valence-corrected chi connectivity index (χ4v) is 2.64. The van der Waals surface area contributed by atoms with Gasteiger partial charge in [-0.15, -0.1) is 0 Å². The molecule has 1 fully saturated rings. The molecule has 0 spiro atoms. The zero-order valence-corrected chi connectivity index (χ0v) is 11.6. The van der Waals surface area contributed by atoms with Gasteiger partial charge in [-0.3, -0.25) is 0 Å². The molecule has 1 heterocycles. The van der Waals surface area contributed by atoms with Gasteiger partial charge in [-0.1, -0.05) is 24.3 Å². The van der Waals surface area contributed by atoms with E-state index in [1.807, 2.05) is 0 Å². The van der Waals surface area contributed by atoms with Gasteiger partial charge in [0.1, 0.15) is 5.71 Å². The Morgan fingerprint density at radius 3 is 2.73 bits per heavy atom. The molecule has 1 aliphatic heterocycles. The van der Waals surface area contributed by atoms with Gasteiger partial charge in [0.2, 0.25) is 11.4 Å². The number of aliphatic hydroxyl groups is 2. The molecule has 1 aromatic carbocycles. The Balaban J connectivity index is 2.07. The van der Waals surface area contributed by atoms with E-state index >= 15 is 0 Å². The number of hydrogen-bond donors (Lipinski definition) is 5. The van der Waals surface area contributed by atoms with E-state index in [4.69, 9.17) is 0 Å². The highest BCUT2D eigenvalue weighted by molar-refractivity contribution is 6.14. The first-order valence-electron chi connectivity index (χ1n) is 6.58. The van der Waals surface area contributed by atoms with Crippen LogP contribution in [-0.2, 0) is 10.5 Å². The van der Waals surface area contributed by atoms with E-state index in [1.54, 1.807) is 31.2 Å². The molecule has 0 bridgehead atoms. The van der Waals surface area contributed by atoms with E-state index in [0.29, 0.717) is 5.56 Å². The topological polar surface area (TPSA) is 132 Å². The van der Waals surface area contributed by atoms with Crippen molar-refractivity contribution < 1.29 is 24.5 Å². The number of hydrogen-bond acceptors (Lipinski definition) is 6. The summed E-state index contributed by atoms with van der Waals surface area (Å²) in [5, 5.41) is 29.7. The molecule has 1 aliphatic carbocycles. The number of nitrogens with zero attached hydrogens (tertiary/aromatic N) is 1. The first-order valence-corrected chi connectivity index (χ1v) is 6.58. The van der Waals surface area contributed by atoms with Crippen molar-refractivity contribution in [3.63, 3.8) is 0 Å². The van der Waals surface area contributed by atoms with Crippen molar-refractivity contribution >= 4 is 17.8 Å². The first kappa shape index (κ1) is 14.3. The van der Waals surface area contributed by atoms with E-state index in [9.17, 15) is 19.8 Å². The average Bonchev–Trinajstić information content (AvgIpc) is 2.79. The van der Waals surface area contributed by atoms with E-state index < -0.39 is 23.6 Å². The minimum absolute atomic E-state index is 0.1000. The first-order chi connectivity index (χ1) is 10.4. The van der Waals surface area contributed by atoms with Crippen molar-refractivity contribution in [1.29, 1.82) is 0 Å². The molecule has 0 radical (unpaired) electrons. The Kier molecular flexibility index (Phi) is 3.04. The summed E-state index contributed by atoms with van der Waals surface area (Å²) in [6.45, 7) is 1.78. The highest BCUT2D eigenvalue weighted by Gasteiger charge is 2.67. The highest BCUT2D eigenvalue weighted by Crippen LogP contribution is 2.43. The van der Waals surface area contributed by atoms with Crippen molar-refractivity contribution in [3.05, 3.63) is 35.4 Å². The van der Waals surface area contributed by atoms with Gasteiger partial charge >= 0.3 is 12.1 Å². The molecular weight excluding hydrogens is 292 g/mol. The van der Waals surface area contributed by atoms with Gasteiger partial charge in [0, 0.05) is 11.1 Å². The lowest BCUT2D eigenvalue weighted by Crippen LogP contribution is -2.58. The number of rotatable bonds is 2. The minimum atomic E-state index is -2.20. The molecule has 2 aliphatic rings. The monoisotopic (exact) mass is 306 g/mol. The third kappa shape index (κ3) is 1.76. The lowest BCUT2D eigenvalue weighted by atomic mass is 10.0. The fourth-order valence-electron chi connectivity index (χ4n) is 2.64. The fraction of sp³-hybridized carbons (Fsp3) is 0.308. The SMILES string of the molecule is CCOC(=O)N/N=C1\c2ccccc2[C@]2(O)NC(=O)N[C@@]12O. The summed E-state index contributed by atoms with van der Waals surface area (Å²) in [5.41, 5.74) is -1.61. The lowest BCUT2D eigenvalue weighted by Gasteiger charge is -2.29. The summed E-state index contributed by atoms with van der Waals surface area (Å²) in [6.07, 6.45) is -0.816. The summed E-state index contributed by atoms with van der Waals surface area (Å²) in [5.74, 6) is 0. The second-order valence-corrected chi connectivity index (χ2v) is 4.84. The van der Waals surface area contributed by atoms with Gasteiger partial charge in [0.25, 0.3) is 0 Å². The second kappa shape index (κ2) is 4.68. The maximum absolute atomic E-state index is 11.6. The van der Waals surface area contributed by atoms with Crippen molar-refractivity contribution in [1.82, 2.24) is 16.1 Å². The molecule has 5 N–H and O–H groups in total. The van der Waals surface area contributed by atoms with E-state index in [1.165, 1.54) is 0 Å². The van der Waals surface area contributed by atoms with Crippen molar-refractivity contribution in [2.45, 2.75) is 18.4 Å². The van der Waals surface area contributed by atoms with Crippen molar-refractivity contribution in [2.24, 2.45) is 5.10 Å². The highest BCUT2D eigenvalue weighted by atomic mass is 16.5. The van der Waals surface area contributed by atoms with Crippen LogP contribution in [0.25, 0.3) is 0 Å². The Bertz CT molecular complexity index is 691. The van der Waals surface area contributed by atoms with Crippen LogP contribution in [0.4, 0.5) is 9.59 Å². The van der Waals surface area contributed by atoms with Gasteiger partial charge in [0.05, 0.1) is 6.61 Å². The van der Waals surface area contributed by atoms with E-state index in [2.05, 4.69) is 25.9 Å². The predicted octanol–water partition coefficient (Wildman–Crippen LogP) is -0.703. The number of benzene rings is 1. The molecular formula is C13H14N4O5. The molecule has 9 heteroatoms. The van der Waals surface area contributed by atoms with Crippen LogP contribution >= 0.6 is 0 Å². The van der Waals surface area contributed by atoms with Crippen LogP contribution in [-0.4, -0.2) is 40.4 Å². The van der Waals surface area contributed by atoms with E-state index in [0.717, 1.165) is 0 Å². The number of urea groups is 1. The minimum Gasteiger partial charge on any atom is -0.449 e. The number of amides is 3. The second-order valence-electron chi connectivity index (χ2n) is 4.84. The molecule has 2 atom stereocenters. The molecule has 0 aromatic heterocycles. The smallest absolute Gasteiger partial charge is 0.427 e. The van der Waals surface area contributed by atoms with Crippen LogP contribution in [0.5, 0.6) is 0 Å². The zero-order valence-electron chi connectivity index (χ0n) is 11.6. The summed E-state index contributed by atoms with van der Waals surface area (Å²) in [6, 6.07) is 5.70. The van der Waals surface area contributed by atoms with Gasteiger partial charge < -0.3 is 25.6 Å². The number of nitrogens with one attached hydrogen (secondary N) is 3. The number of hydrazone groups is 1. The quantitative estimate of drug-likeness (QED) is 0.461. The maximum Gasteiger partial charge on any atom is 0.427 e. The maximum atomic E-state index is 11.6. The molecule has 9 nitrogen and oxygen atoms in total. The van der Waals surface area contributed by atoms with Crippen LogP contribution in [0, 0.1) is 0 Å². The van der Waals surface area contributed by atoms with Crippen molar-refractivity contribution in [2.75, 3.05) is 6.61 Å². The third-order valence-electron chi connectivity index (χ3n) is 3.56. The Morgan fingerprint density at radius 1 is 1.32 bits per heavy atom. The van der Waals surface area contributed by atoms with Crippen LogP contribution in [0.3, 0.4) is 0 Å². The predicted molar refractivity (Wildman–Crippen MR) is 73.7 cm³/mol. The number of ether oxygens (including phenoxy) is 1. The summed E-state index contributed by atoms with van der Waals surface area (Å²) in [4.78, 5) is 22.9. The standard InChI is InChI=1S/C13H14N4O5/c1-2-22-11(19)17-16-9-7-5-3-4-6-8(7)12(20)13(9,21)15-10(18)14-12/h3-6,20-21H,2H2,1H3,(H,17,19)(H2,14,15,18)/b16-9+/t12-,13-/m1/s1. The molecule has 22 heavy (non-hydrogen) atoms. The summed E-state index contributed by atoms with van der Waals surface area (Å²) < 4.78 is 4.68. The average molecular weight is 306 g/mol. The molecule has 1 saturated heterocycles. The number of carbonyl (C=O) groups is 2. The van der Waals surface area contributed by atoms with Gasteiger partial charge in [-0.05, 0) is 6.92 Å². The Morgan fingerprint density at radius 2 is 2.00 bits per heavy atom. The van der Waals surface area contributed by atoms with Gasteiger partial charge in [0.15, 0.2) is 0 Å². The third-order valence-corrected chi connectivity index (χ3v) is 3.56. The Labute approximate surface area is 125 Å². The molecule has 1 aromatic rings. The normalized spacial score (nSPS) is 30.3. The van der Waals surface area contributed by atoms with Crippen LogP contribution in [0.1, 0.15) is 18.1 Å². The van der Waals surface area contributed by atoms with Gasteiger partial charge in [-0.2, -0.15) is 5.10 Å².